The number of hydrazone groups is 1. The van der Waals surface area contributed by atoms with Crippen LogP contribution in [0.2, 0.25) is 0 Å². The minimum absolute atomic E-state index is 0.177. The predicted molar refractivity (Wildman–Crippen MR) is 70.8 cm³/mol. The van der Waals surface area contributed by atoms with Crippen LogP contribution in [0.15, 0.2) is 28.1 Å². The van der Waals surface area contributed by atoms with Crippen molar-refractivity contribution in [3.05, 3.63) is 28.7 Å². The second-order valence-corrected chi connectivity index (χ2v) is 4.36. The summed E-state index contributed by atoms with van der Waals surface area (Å²) in [7, 11) is 1.46. The summed E-state index contributed by atoms with van der Waals surface area (Å²) in [4.78, 5) is 11.7. The summed E-state index contributed by atoms with van der Waals surface area (Å²) in [6.07, 6.45) is 0. The molecule has 0 fully saturated rings. The van der Waals surface area contributed by atoms with Gasteiger partial charge in [0.25, 0.3) is 0 Å². The summed E-state index contributed by atoms with van der Waals surface area (Å²) in [5, 5.41) is 3.99. The topological polar surface area (TPSA) is 51.3 Å². The zero-order valence-corrected chi connectivity index (χ0v) is 10.8. The molecule has 0 amide bonds. The van der Waals surface area contributed by atoms with E-state index in [1.807, 2.05) is 13.8 Å². The molecule has 0 saturated heterocycles. The molecule has 0 bridgehead atoms. The molecule has 19 heavy (non-hydrogen) atoms. The normalized spacial score (nSPS) is 11.1. The molecule has 0 aliphatic heterocycles. The molecule has 0 atom stereocenters. The molecule has 0 spiro atoms. The largest absolute Gasteiger partial charge is 0.333 e. The molecule has 0 aliphatic carbocycles. The lowest BCUT2D eigenvalue weighted by Gasteiger charge is -2.04. The number of rotatable bonds is 3. The van der Waals surface area contributed by atoms with Crippen LogP contribution in [0, 0.1) is 0 Å². The van der Waals surface area contributed by atoms with Gasteiger partial charge in [0.05, 0.1) is 16.7 Å². The first kappa shape index (κ1) is 13.3. The highest BCUT2D eigenvalue weighted by molar-refractivity contribution is 5.82. The van der Waals surface area contributed by atoms with Gasteiger partial charge in [-0.2, -0.15) is 13.9 Å². The van der Waals surface area contributed by atoms with Crippen LogP contribution in [0.4, 0.5) is 14.5 Å². The summed E-state index contributed by atoms with van der Waals surface area (Å²) in [5.74, 6) is 0. The number of alkyl halides is 2. The average molecular weight is 268 g/mol. The third-order valence-corrected chi connectivity index (χ3v) is 2.69. The third kappa shape index (κ3) is 2.35. The highest BCUT2D eigenvalue weighted by Crippen LogP contribution is 2.22. The molecule has 1 heterocycles. The zero-order chi connectivity index (χ0) is 14.2. The van der Waals surface area contributed by atoms with Crippen molar-refractivity contribution in [1.29, 1.82) is 0 Å². The maximum Gasteiger partial charge on any atom is 0.333 e. The lowest BCUT2D eigenvalue weighted by molar-refractivity contribution is 0.0705. The fraction of sp³-hybridized carbons (Fsp3) is 0.333. The Bertz CT molecular complexity index is 696. The van der Waals surface area contributed by atoms with Gasteiger partial charge in [-0.3, -0.25) is 9.99 Å². The predicted octanol–water partition coefficient (Wildman–Crippen LogP) is 2.54. The molecule has 2 aromatic rings. The second kappa shape index (κ2) is 4.83. The molecule has 7 heteroatoms. The molecule has 1 aromatic heterocycles. The maximum absolute atomic E-state index is 12.9. The first-order valence-corrected chi connectivity index (χ1v) is 5.68. The van der Waals surface area contributed by atoms with Crippen molar-refractivity contribution >= 4 is 22.4 Å². The Morgan fingerprint density at radius 2 is 2.00 bits per heavy atom. The lowest BCUT2D eigenvalue weighted by atomic mass is 10.3. The van der Waals surface area contributed by atoms with E-state index < -0.39 is 12.2 Å². The number of anilines is 1. The third-order valence-electron chi connectivity index (χ3n) is 2.69. The Kier molecular flexibility index (Phi) is 3.37. The van der Waals surface area contributed by atoms with Gasteiger partial charge in [0.2, 0.25) is 0 Å². The molecule has 0 saturated carbocycles. The molecule has 102 valence electrons. The molecule has 0 unspecified atom stereocenters. The van der Waals surface area contributed by atoms with Gasteiger partial charge in [-0.1, -0.05) is 0 Å². The molecular formula is C12H14F2N4O. The van der Waals surface area contributed by atoms with E-state index in [1.165, 1.54) is 17.7 Å². The number of imidazole rings is 1. The molecule has 0 radical (unpaired) electrons. The van der Waals surface area contributed by atoms with Gasteiger partial charge in [-0.05, 0) is 32.0 Å². The van der Waals surface area contributed by atoms with Crippen molar-refractivity contribution in [1.82, 2.24) is 9.13 Å². The van der Waals surface area contributed by atoms with Gasteiger partial charge in [0.1, 0.15) is 0 Å². The Morgan fingerprint density at radius 1 is 1.32 bits per heavy atom. The number of aromatic nitrogens is 2. The Hall–Kier alpha value is -2.18. The number of nitrogens with zero attached hydrogens (tertiary/aromatic N) is 3. The number of nitrogens with one attached hydrogen (secondary N) is 1. The first-order chi connectivity index (χ1) is 8.91. The van der Waals surface area contributed by atoms with E-state index in [-0.39, 0.29) is 5.52 Å². The fourth-order valence-electron chi connectivity index (χ4n) is 1.80. The minimum atomic E-state index is -2.87. The van der Waals surface area contributed by atoms with E-state index in [4.69, 9.17) is 0 Å². The van der Waals surface area contributed by atoms with Crippen LogP contribution >= 0.6 is 0 Å². The van der Waals surface area contributed by atoms with Crippen molar-refractivity contribution in [2.24, 2.45) is 12.1 Å². The Morgan fingerprint density at radius 3 is 2.58 bits per heavy atom. The van der Waals surface area contributed by atoms with Crippen LogP contribution in [0.5, 0.6) is 0 Å². The molecule has 2 rings (SSSR count). The van der Waals surface area contributed by atoms with Crippen LogP contribution in [0.3, 0.4) is 0 Å². The van der Waals surface area contributed by atoms with Crippen molar-refractivity contribution < 1.29 is 8.78 Å². The van der Waals surface area contributed by atoms with Gasteiger partial charge in [0, 0.05) is 12.8 Å². The van der Waals surface area contributed by atoms with Crippen molar-refractivity contribution in [2.75, 3.05) is 5.43 Å². The number of benzene rings is 1. The molecular weight excluding hydrogens is 254 g/mol. The van der Waals surface area contributed by atoms with Crippen LogP contribution < -0.4 is 11.1 Å². The lowest BCUT2D eigenvalue weighted by Crippen LogP contribution is -2.22. The number of halogens is 2. The van der Waals surface area contributed by atoms with Crippen LogP contribution in [-0.2, 0) is 7.05 Å². The monoisotopic (exact) mass is 268 g/mol. The van der Waals surface area contributed by atoms with Crippen molar-refractivity contribution in [3.8, 4) is 0 Å². The van der Waals surface area contributed by atoms with E-state index in [9.17, 15) is 13.6 Å². The second-order valence-electron chi connectivity index (χ2n) is 4.36. The highest BCUT2D eigenvalue weighted by atomic mass is 19.3. The summed E-state index contributed by atoms with van der Waals surface area (Å²) in [6, 6.07) is 4.78. The summed E-state index contributed by atoms with van der Waals surface area (Å²) >= 11 is 0. The van der Waals surface area contributed by atoms with Gasteiger partial charge in [-0.25, -0.2) is 9.36 Å². The summed E-state index contributed by atoms with van der Waals surface area (Å²) < 4.78 is 27.5. The average Bonchev–Trinajstić information content (AvgIpc) is 2.59. The van der Waals surface area contributed by atoms with Crippen LogP contribution in [-0.4, -0.2) is 14.8 Å². The number of hydrogen-bond acceptors (Lipinski definition) is 3. The number of fused-ring (bicyclic) bond motifs is 1. The number of aryl methyl sites for hydroxylation is 1. The van der Waals surface area contributed by atoms with E-state index in [0.29, 0.717) is 15.8 Å². The van der Waals surface area contributed by atoms with E-state index in [0.717, 1.165) is 5.71 Å². The van der Waals surface area contributed by atoms with Gasteiger partial charge < -0.3 is 0 Å². The molecule has 0 aliphatic rings. The minimum Gasteiger partial charge on any atom is -0.295 e. The van der Waals surface area contributed by atoms with Crippen LogP contribution in [0.1, 0.15) is 20.4 Å². The van der Waals surface area contributed by atoms with Crippen molar-refractivity contribution in [3.63, 3.8) is 0 Å². The van der Waals surface area contributed by atoms with E-state index in [1.54, 1.807) is 12.1 Å². The highest BCUT2D eigenvalue weighted by Gasteiger charge is 2.17. The maximum atomic E-state index is 12.9. The summed E-state index contributed by atoms with van der Waals surface area (Å²) in [6.45, 7) is 0.745. The zero-order valence-electron chi connectivity index (χ0n) is 10.8. The van der Waals surface area contributed by atoms with Gasteiger partial charge >= 0.3 is 12.2 Å². The van der Waals surface area contributed by atoms with Crippen LogP contribution in [0.25, 0.3) is 11.0 Å². The smallest absolute Gasteiger partial charge is 0.295 e. The first-order valence-electron chi connectivity index (χ1n) is 5.68. The fourth-order valence-corrected chi connectivity index (χ4v) is 1.80. The van der Waals surface area contributed by atoms with Crippen molar-refractivity contribution in [2.45, 2.75) is 20.4 Å². The van der Waals surface area contributed by atoms with Gasteiger partial charge in [-0.15, -0.1) is 0 Å². The summed E-state index contributed by atoms with van der Waals surface area (Å²) in [5.41, 5.74) is 3.99. The quantitative estimate of drug-likeness (QED) is 0.687. The Labute approximate surface area is 108 Å². The van der Waals surface area contributed by atoms with E-state index in [2.05, 4.69) is 10.5 Å². The Balaban J connectivity index is 2.61. The SMILES string of the molecule is CC(C)=NNc1ccc2c(c1)n(C(F)F)c(=O)n2C. The number of hydrogen-bond donors (Lipinski definition) is 1. The molecule has 1 aromatic carbocycles. The molecule has 1 N–H and O–H groups in total. The standard InChI is InChI=1S/C12H14F2N4O/c1-7(2)15-16-8-4-5-9-10(6-8)18(11(13)14)12(19)17(9)3/h4-6,11,16H,1-3H3. The van der Waals surface area contributed by atoms with Gasteiger partial charge in [0.15, 0.2) is 0 Å². The van der Waals surface area contributed by atoms with E-state index >= 15 is 0 Å². The molecule has 5 nitrogen and oxygen atoms in total.